The van der Waals surface area contributed by atoms with E-state index in [0.717, 1.165) is 44.2 Å². The first-order valence-electron chi connectivity index (χ1n) is 8.77. The second-order valence-corrected chi connectivity index (χ2v) is 6.49. The molecule has 1 saturated heterocycles. The number of amides is 1. The Morgan fingerprint density at radius 1 is 1.04 bits per heavy atom. The van der Waals surface area contributed by atoms with Crippen LogP contribution in [-0.4, -0.2) is 55.8 Å². The summed E-state index contributed by atoms with van der Waals surface area (Å²) < 4.78 is 16.0. The van der Waals surface area contributed by atoms with Crippen LogP contribution in [0.1, 0.15) is 15.9 Å². The van der Waals surface area contributed by atoms with Gasteiger partial charge in [-0.3, -0.25) is 9.69 Å². The molecule has 0 radical (unpaired) electrons. The summed E-state index contributed by atoms with van der Waals surface area (Å²) in [4.78, 5) is 16.9. The maximum atomic E-state index is 12.7. The van der Waals surface area contributed by atoms with Gasteiger partial charge >= 0.3 is 0 Å². The molecule has 1 fully saturated rings. The molecule has 4 rings (SSSR count). The third-order valence-corrected chi connectivity index (χ3v) is 4.82. The fraction of sp³-hybridized carbons (Fsp3) is 0.350. The third kappa shape index (κ3) is 3.46. The molecule has 136 valence electrons. The average molecular weight is 354 g/mol. The van der Waals surface area contributed by atoms with Gasteiger partial charge in [0.2, 0.25) is 6.79 Å². The fourth-order valence-corrected chi connectivity index (χ4v) is 3.35. The van der Waals surface area contributed by atoms with E-state index in [4.69, 9.17) is 14.2 Å². The van der Waals surface area contributed by atoms with Gasteiger partial charge in [-0.25, -0.2) is 0 Å². The lowest BCUT2D eigenvalue weighted by Crippen LogP contribution is -2.48. The molecule has 1 amide bonds. The Morgan fingerprint density at radius 3 is 2.65 bits per heavy atom. The van der Waals surface area contributed by atoms with Crippen LogP contribution >= 0.6 is 0 Å². The van der Waals surface area contributed by atoms with Crippen LogP contribution in [0.4, 0.5) is 0 Å². The van der Waals surface area contributed by atoms with Crippen molar-refractivity contribution >= 4 is 5.91 Å². The van der Waals surface area contributed by atoms with Gasteiger partial charge in [-0.2, -0.15) is 0 Å². The van der Waals surface area contributed by atoms with Crippen LogP contribution in [0.2, 0.25) is 0 Å². The van der Waals surface area contributed by atoms with Crippen molar-refractivity contribution in [3.63, 3.8) is 0 Å². The van der Waals surface area contributed by atoms with E-state index in [1.54, 1.807) is 13.2 Å². The van der Waals surface area contributed by atoms with E-state index in [1.807, 2.05) is 35.2 Å². The minimum Gasteiger partial charge on any atom is -0.497 e. The highest BCUT2D eigenvalue weighted by molar-refractivity contribution is 5.94. The Balaban J connectivity index is 1.34. The largest absolute Gasteiger partial charge is 0.497 e. The molecule has 2 aromatic carbocycles. The van der Waals surface area contributed by atoms with Crippen molar-refractivity contribution in [3.8, 4) is 17.2 Å². The Morgan fingerprint density at radius 2 is 1.85 bits per heavy atom. The van der Waals surface area contributed by atoms with Crippen molar-refractivity contribution in [2.45, 2.75) is 6.54 Å². The van der Waals surface area contributed by atoms with Gasteiger partial charge in [-0.05, 0) is 35.9 Å². The molecular weight excluding hydrogens is 332 g/mol. The summed E-state index contributed by atoms with van der Waals surface area (Å²) in [6.07, 6.45) is 0. The minimum atomic E-state index is 0.0617. The number of ether oxygens (including phenoxy) is 3. The molecule has 0 aromatic heterocycles. The van der Waals surface area contributed by atoms with E-state index in [2.05, 4.69) is 11.0 Å². The van der Waals surface area contributed by atoms with Crippen molar-refractivity contribution < 1.29 is 19.0 Å². The molecule has 0 atom stereocenters. The highest BCUT2D eigenvalue weighted by Crippen LogP contribution is 2.32. The van der Waals surface area contributed by atoms with Gasteiger partial charge in [0.25, 0.3) is 5.91 Å². The molecule has 2 aliphatic rings. The second-order valence-electron chi connectivity index (χ2n) is 6.49. The molecule has 0 aliphatic carbocycles. The number of rotatable bonds is 4. The first kappa shape index (κ1) is 16.7. The predicted octanol–water partition coefficient (Wildman–Crippen LogP) is 2.38. The summed E-state index contributed by atoms with van der Waals surface area (Å²) in [5, 5.41) is 0. The summed E-state index contributed by atoms with van der Waals surface area (Å²) in [5.74, 6) is 2.39. The van der Waals surface area contributed by atoms with Crippen LogP contribution in [0.25, 0.3) is 0 Å². The van der Waals surface area contributed by atoms with Crippen molar-refractivity contribution in [1.29, 1.82) is 0 Å². The topological polar surface area (TPSA) is 51.2 Å². The average Bonchev–Trinajstić information content (AvgIpc) is 3.16. The maximum Gasteiger partial charge on any atom is 0.254 e. The van der Waals surface area contributed by atoms with Crippen LogP contribution in [0.15, 0.2) is 42.5 Å². The number of carbonyl (C=O) groups is 1. The van der Waals surface area contributed by atoms with Gasteiger partial charge in [0.05, 0.1) is 7.11 Å². The number of benzene rings is 2. The Kier molecular flexibility index (Phi) is 4.67. The monoisotopic (exact) mass is 354 g/mol. The van der Waals surface area contributed by atoms with Gasteiger partial charge < -0.3 is 19.1 Å². The molecule has 2 aromatic rings. The molecule has 2 heterocycles. The molecule has 0 saturated carbocycles. The summed E-state index contributed by atoms with van der Waals surface area (Å²) in [5.41, 5.74) is 1.87. The zero-order valence-corrected chi connectivity index (χ0v) is 14.8. The van der Waals surface area contributed by atoms with Gasteiger partial charge in [0.1, 0.15) is 5.75 Å². The lowest BCUT2D eigenvalue weighted by atomic mass is 10.1. The van der Waals surface area contributed by atoms with Gasteiger partial charge in [0.15, 0.2) is 11.5 Å². The van der Waals surface area contributed by atoms with E-state index in [-0.39, 0.29) is 5.91 Å². The van der Waals surface area contributed by atoms with Crippen LogP contribution < -0.4 is 14.2 Å². The lowest BCUT2D eigenvalue weighted by molar-refractivity contribution is 0.0628. The van der Waals surface area contributed by atoms with E-state index in [9.17, 15) is 4.79 Å². The summed E-state index contributed by atoms with van der Waals surface area (Å²) in [6, 6.07) is 13.4. The second kappa shape index (κ2) is 7.25. The molecule has 0 spiro atoms. The Labute approximate surface area is 152 Å². The highest BCUT2D eigenvalue weighted by Gasteiger charge is 2.23. The normalized spacial score (nSPS) is 16.6. The van der Waals surface area contributed by atoms with E-state index in [1.165, 1.54) is 5.56 Å². The number of fused-ring (bicyclic) bond motifs is 1. The predicted molar refractivity (Wildman–Crippen MR) is 96.7 cm³/mol. The van der Waals surface area contributed by atoms with Crippen molar-refractivity contribution in [3.05, 3.63) is 53.6 Å². The summed E-state index contributed by atoms with van der Waals surface area (Å²) >= 11 is 0. The Bertz CT molecular complexity index is 800. The Hall–Kier alpha value is -2.73. The smallest absolute Gasteiger partial charge is 0.254 e. The first-order valence-corrected chi connectivity index (χ1v) is 8.77. The van der Waals surface area contributed by atoms with E-state index < -0.39 is 0 Å². The number of methoxy groups -OCH3 is 1. The van der Waals surface area contributed by atoms with Gasteiger partial charge in [0, 0.05) is 38.3 Å². The van der Waals surface area contributed by atoms with Crippen LogP contribution in [0, 0.1) is 0 Å². The zero-order valence-electron chi connectivity index (χ0n) is 14.8. The number of carbonyl (C=O) groups excluding carboxylic acids is 1. The highest BCUT2D eigenvalue weighted by atomic mass is 16.7. The minimum absolute atomic E-state index is 0.0617. The lowest BCUT2D eigenvalue weighted by Gasteiger charge is -2.34. The van der Waals surface area contributed by atoms with E-state index in [0.29, 0.717) is 18.1 Å². The summed E-state index contributed by atoms with van der Waals surface area (Å²) in [7, 11) is 1.61. The van der Waals surface area contributed by atoms with Gasteiger partial charge in [-0.1, -0.05) is 12.1 Å². The van der Waals surface area contributed by atoms with E-state index >= 15 is 0 Å². The van der Waals surface area contributed by atoms with Crippen LogP contribution in [0.3, 0.4) is 0 Å². The number of hydrogen-bond acceptors (Lipinski definition) is 5. The van der Waals surface area contributed by atoms with Crippen molar-refractivity contribution in [2.24, 2.45) is 0 Å². The molecule has 0 unspecified atom stereocenters. The van der Waals surface area contributed by atoms with Crippen molar-refractivity contribution in [2.75, 3.05) is 40.1 Å². The SMILES string of the molecule is COc1cccc(C(=O)N2CCN(Cc3ccc4c(c3)OCO4)CC2)c1. The molecule has 2 aliphatic heterocycles. The van der Waals surface area contributed by atoms with Crippen molar-refractivity contribution in [1.82, 2.24) is 9.80 Å². The molecule has 0 bridgehead atoms. The maximum absolute atomic E-state index is 12.7. The molecule has 6 heteroatoms. The standard InChI is InChI=1S/C20H22N2O4/c1-24-17-4-2-3-16(12-17)20(23)22-9-7-21(8-10-22)13-15-5-6-18-19(11-15)26-14-25-18/h2-6,11-12H,7-10,13-14H2,1H3. The number of piperazine rings is 1. The number of hydrogen-bond donors (Lipinski definition) is 0. The molecule has 6 nitrogen and oxygen atoms in total. The molecular formula is C20H22N2O4. The van der Waals surface area contributed by atoms with Gasteiger partial charge in [-0.15, -0.1) is 0 Å². The van der Waals surface area contributed by atoms with Crippen LogP contribution in [-0.2, 0) is 6.54 Å². The molecule has 0 N–H and O–H groups in total. The zero-order chi connectivity index (χ0) is 17.9. The summed E-state index contributed by atoms with van der Waals surface area (Å²) in [6.45, 7) is 4.29. The molecule has 26 heavy (non-hydrogen) atoms. The quantitative estimate of drug-likeness (QED) is 0.844. The fourth-order valence-electron chi connectivity index (χ4n) is 3.35. The number of nitrogens with zero attached hydrogens (tertiary/aromatic N) is 2. The third-order valence-electron chi connectivity index (χ3n) is 4.82. The van der Waals surface area contributed by atoms with Crippen LogP contribution in [0.5, 0.6) is 17.2 Å². The first-order chi connectivity index (χ1) is 12.7.